The number of nitrogens with one attached hydrogen (secondary N) is 1. The Morgan fingerprint density at radius 2 is 2.04 bits per heavy atom. The van der Waals surface area contributed by atoms with Gasteiger partial charge >= 0.3 is 5.97 Å². The highest BCUT2D eigenvalue weighted by Gasteiger charge is 2.22. The van der Waals surface area contributed by atoms with Crippen LogP contribution in [0.15, 0.2) is 42.5 Å². The zero-order valence-corrected chi connectivity index (χ0v) is 14.4. The molecule has 3 rings (SSSR count). The molecule has 0 spiro atoms. The zero-order valence-electron chi connectivity index (χ0n) is 13.6. The summed E-state index contributed by atoms with van der Waals surface area (Å²) in [7, 11) is 0. The number of ether oxygens (including phenoxy) is 1. The molecule has 5 nitrogen and oxygen atoms in total. The normalized spacial score (nSPS) is 16.0. The first-order valence-corrected chi connectivity index (χ1v) is 8.51. The molecule has 0 aliphatic heterocycles. The number of carbonyl (C=O) groups is 2. The van der Waals surface area contributed by atoms with E-state index >= 15 is 0 Å². The van der Waals surface area contributed by atoms with Crippen molar-refractivity contribution in [3.63, 3.8) is 0 Å². The maximum atomic E-state index is 12.2. The number of benzene rings is 2. The van der Waals surface area contributed by atoms with Crippen molar-refractivity contribution in [1.82, 2.24) is 5.32 Å². The Hall–Kier alpha value is -2.53. The number of hydrogen-bond acceptors (Lipinski definition) is 4. The summed E-state index contributed by atoms with van der Waals surface area (Å²) in [6, 6.07) is 12.5. The summed E-state index contributed by atoms with van der Waals surface area (Å²) in [6.07, 6.45) is 2.91. The molecule has 0 bridgehead atoms. The minimum atomic E-state index is -0.645. The molecule has 25 heavy (non-hydrogen) atoms. The number of nitrogen functional groups attached to an aromatic ring is 1. The molecule has 1 aliphatic rings. The van der Waals surface area contributed by atoms with Crippen LogP contribution in [0.4, 0.5) is 5.69 Å². The van der Waals surface area contributed by atoms with Crippen molar-refractivity contribution in [1.29, 1.82) is 0 Å². The van der Waals surface area contributed by atoms with Crippen molar-refractivity contribution in [2.24, 2.45) is 0 Å². The van der Waals surface area contributed by atoms with E-state index in [0.29, 0.717) is 5.02 Å². The van der Waals surface area contributed by atoms with Gasteiger partial charge in [-0.3, -0.25) is 4.79 Å². The number of rotatable bonds is 4. The van der Waals surface area contributed by atoms with E-state index in [1.54, 1.807) is 6.07 Å². The van der Waals surface area contributed by atoms with Gasteiger partial charge in [0.1, 0.15) is 0 Å². The van der Waals surface area contributed by atoms with Crippen LogP contribution in [-0.2, 0) is 16.0 Å². The number of hydrogen-bond donors (Lipinski definition) is 2. The van der Waals surface area contributed by atoms with E-state index in [2.05, 4.69) is 11.4 Å². The van der Waals surface area contributed by atoms with Crippen molar-refractivity contribution in [2.45, 2.75) is 25.3 Å². The first-order valence-electron chi connectivity index (χ1n) is 8.14. The van der Waals surface area contributed by atoms with Crippen LogP contribution < -0.4 is 11.1 Å². The van der Waals surface area contributed by atoms with E-state index in [-0.39, 0.29) is 29.8 Å². The number of halogens is 1. The molecule has 6 heteroatoms. The average molecular weight is 359 g/mol. The molecule has 130 valence electrons. The van der Waals surface area contributed by atoms with E-state index in [1.165, 1.54) is 17.7 Å². The first kappa shape index (κ1) is 17.3. The lowest BCUT2D eigenvalue weighted by Gasteiger charge is -2.26. The van der Waals surface area contributed by atoms with Crippen LogP contribution in [0.25, 0.3) is 0 Å². The van der Waals surface area contributed by atoms with Crippen LogP contribution in [0.5, 0.6) is 0 Å². The number of aryl methyl sites for hydroxylation is 1. The number of fused-ring (bicyclic) bond motifs is 1. The van der Waals surface area contributed by atoms with E-state index in [9.17, 15) is 9.59 Å². The quantitative estimate of drug-likeness (QED) is 0.649. The third kappa shape index (κ3) is 4.12. The first-order chi connectivity index (χ1) is 12.0. The maximum absolute atomic E-state index is 12.2. The molecule has 1 amide bonds. The van der Waals surface area contributed by atoms with Gasteiger partial charge in [-0.1, -0.05) is 35.9 Å². The molecule has 1 unspecified atom stereocenters. The van der Waals surface area contributed by atoms with Crippen molar-refractivity contribution in [3.05, 3.63) is 64.2 Å². The van der Waals surface area contributed by atoms with Gasteiger partial charge in [-0.25, -0.2) is 4.79 Å². The van der Waals surface area contributed by atoms with Crippen molar-refractivity contribution >= 4 is 29.2 Å². The second kappa shape index (κ2) is 7.57. The Bertz CT molecular complexity index is 807. The Labute approximate surface area is 151 Å². The predicted octanol–water partition coefficient (Wildman–Crippen LogP) is 3.27. The van der Waals surface area contributed by atoms with Crippen LogP contribution in [0, 0.1) is 0 Å². The van der Waals surface area contributed by atoms with E-state index < -0.39 is 5.97 Å². The van der Waals surface area contributed by atoms with Gasteiger partial charge in [0, 0.05) is 10.7 Å². The van der Waals surface area contributed by atoms with Gasteiger partial charge in [0.15, 0.2) is 6.61 Å². The standard InChI is InChI=1S/C19H19ClN2O3/c20-13-8-9-15(16(21)10-13)19(24)25-11-18(23)22-17-7-3-5-12-4-1-2-6-14(12)17/h1-2,4,6,8-10,17H,3,5,7,11,21H2,(H,22,23). The monoisotopic (exact) mass is 358 g/mol. The molecule has 0 saturated heterocycles. The van der Waals surface area contributed by atoms with Crippen LogP contribution in [0.2, 0.25) is 5.02 Å². The van der Waals surface area contributed by atoms with Crippen LogP contribution >= 0.6 is 11.6 Å². The minimum Gasteiger partial charge on any atom is -0.452 e. The third-order valence-electron chi connectivity index (χ3n) is 4.27. The van der Waals surface area contributed by atoms with Gasteiger partial charge in [-0.15, -0.1) is 0 Å². The SMILES string of the molecule is Nc1cc(Cl)ccc1C(=O)OCC(=O)NC1CCCc2ccccc21. The van der Waals surface area contributed by atoms with Crippen molar-refractivity contribution in [2.75, 3.05) is 12.3 Å². The largest absolute Gasteiger partial charge is 0.452 e. The highest BCUT2D eigenvalue weighted by molar-refractivity contribution is 6.31. The maximum Gasteiger partial charge on any atom is 0.340 e. The summed E-state index contributed by atoms with van der Waals surface area (Å²) in [4.78, 5) is 24.2. The number of amides is 1. The summed E-state index contributed by atoms with van der Waals surface area (Å²) in [5.41, 5.74) is 8.55. The summed E-state index contributed by atoms with van der Waals surface area (Å²) in [5, 5.41) is 3.37. The molecule has 2 aromatic carbocycles. The lowest BCUT2D eigenvalue weighted by atomic mass is 9.88. The molecule has 1 aliphatic carbocycles. The molecule has 3 N–H and O–H groups in total. The third-order valence-corrected chi connectivity index (χ3v) is 4.51. The Morgan fingerprint density at radius 1 is 1.24 bits per heavy atom. The molecule has 0 radical (unpaired) electrons. The Morgan fingerprint density at radius 3 is 2.84 bits per heavy atom. The Kier molecular flexibility index (Phi) is 5.24. The lowest BCUT2D eigenvalue weighted by molar-refractivity contribution is -0.125. The van der Waals surface area contributed by atoms with Gasteiger partial charge in [0.2, 0.25) is 0 Å². The minimum absolute atomic E-state index is 0.0447. The number of esters is 1. The van der Waals surface area contributed by atoms with Gasteiger partial charge < -0.3 is 15.8 Å². The second-order valence-corrected chi connectivity index (χ2v) is 6.46. The van der Waals surface area contributed by atoms with E-state index in [1.807, 2.05) is 18.2 Å². The van der Waals surface area contributed by atoms with E-state index in [0.717, 1.165) is 24.8 Å². The molecule has 0 fully saturated rings. The summed E-state index contributed by atoms with van der Waals surface area (Å²) in [5.74, 6) is -0.976. The van der Waals surface area contributed by atoms with Crippen LogP contribution in [0.1, 0.15) is 40.4 Å². The fourth-order valence-corrected chi connectivity index (χ4v) is 3.25. The molecule has 2 aromatic rings. The van der Waals surface area contributed by atoms with Crippen molar-refractivity contribution in [3.8, 4) is 0 Å². The molecule has 0 saturated carbocycles. The lowest BCUT2D eigenvalue weighted by Crippen LogP contribution is -2.34. The summed E-state index contributed by atoms with van der Waals surface area (Å²) < 4.78 is 5.07. The van der Waals surface area contributed by atoms with E-state index in [4.69, 9.17) is 22.1 Å². The van der Waals surface area contributed by atoms with Gasteiger partial charge in [0.25, 0.3) is 5.91 Å². The molecular weight excluding hydrogens is 340 g/mol. The molecule has 1 atom stereocenters. The summed E-state index contributed by atoms with van der Waals surface area (Å²) >= 11 is 5.80. The second-order valence-electron chi connectivity index (χ2n) is 6.02. The smallest absolute Gasteiger partial charge is 0.340 e. The van der Waals surface area contributed by atoms with Crippen LogP contribution in [-0.4, -0.2) is 18.5 Å². The zero-order chi connectivity index (χ0) is 17.8. The predicted molar refractivity (Wildman–Crippen MR) is 96.4 cm³/mol. The number of nitrogens with two attached hydrogens (primary N) is 1. The fourth-order valence-electron chi connectivity index (χ4n) is 3.07. The van der Waals surface area contributed by atoms with Gasteiger partial charge in [-0.05, 0) is 48.6 Å². The highest BCUT2D eigenvalue weighted by Crippen LogP contribution is 2.29. The van der Waals surface area contributed by atoms with Crippen LogP contribution in [0.3, 0.4) is 0 Å². The average Bonchev–Trinajstić information content (AvgIpc) is 2.60. The molecular formula is C19H19ClN2O3. The molecule has 0 aromatic heterocycles. The topological polar surface area (TPSA) is 81.4 Å². The number of carbonyl (C=O) groups excluding carboxylic acids is 2. The highest BCUT2D eigenvalue weighted by atomic mass is 35.5. The number of anilines is 1. The van der Waals surface area contributed by atoms with Gasteiger partial charge in [-0.2, -0.15) is 0 Å². The summed E-state index contributed by atoms with van der Waals surface area (Å²) in [6.45, 7) is -0.348. The van der Waals surface area contributed by atoms with Gasteiger partial charge in [0.05, 0.1) is 11.6 Å². The fraction of sp³-hybridized carbons (Fsp3) is 0.263. The van der Waals surface area contributed by atoms with Crippen molar-refractivity contribution < 1.29 is 14.3 Å². The Balaban J connectivity index is 1.58. The molecule has 0 heterocycles.